The summed E-state index contributed by atoms with van der Waals surface area (Å²) < 4.78 is 23.7. The van der Waals surface area contributed by atoms with Crippen LogP contribution in [0.5, 0.6) is 5.75 Å². The predicted molar refractivity (Wildman–Crippen MR) is 72.4 cm³/mol. The normalized spacial score (nSPS) is 11.7. The summed E-state index contributed by atoms with van der Waals surface area (Å²) in [5, 5.41) is 2.63. The van der Waals surface area contributed by atoms with E-state index in [-0.39, 0.29) is 23.8 Å². The maximum atomic E-state index is 13.2. The zero-order chi connectivity index (χ0) is 15.2. The Bertz CT molecular complexity index is 625. The van der Waals surface area contributed by atoms with Gasteiger partial charge in [-0.1, -0.05) is 0 Å². The largest absolute Gasteiger partial charge is 0.481 e. The Morgan fingerprint density at radius 3 is 2.95 bits per heavy atom. The first-order valence-electron chi connectivity index (χ1n) is 6.31. The highest BCUT2D eigenvalue weighted by Gasteiger charge is 2.15. The zero-order valence-electron chi connectivity index (χ0n) is 11.3. The number of rotatable bonds is 6. The van der Waals surface area contributed by atoms with E-state index in [1.165, 1.54) is 19.3 Å². The first-order chi connectivity index (χ1) is 10.1. The molecule has 2 aromatic rings. The molecule has 0 saturated heterocycles. The number of furan rings is 1. The van der Waals surface area contributed by atoms with Crippen LogP contribution in [-0.2, 0) is 11.3 Å². The fourth-order valence-electron chi connectivity index (χ4n) is 1.71. The lowest BCUT2D eigenvalue weighted by atomic mass is 10.2. The molecule has 1 unspecified atom stereocenters. The van der Waals surface area contributed by atoms with Crippen molar-refractivity contribution in [2.75, 3.05) is 0 Å². The molecule has 6 heteroatoms. The zero-order valence-corrected chi connectivity index (χ0v) is 11.3. The highest BCUT2D eigenvalue weighted by Crippen LogP contribution is 2.17. The lowest BCUT2D eigenvalue weighted by Gasteiger charge is -2.14. The van der Waals surface area contributed by atoms with Crippen molar-refractivity contribution in [2.24, 2.45) is 0 Å². The molecule has 0 aliphatic heterocycles. The van der Waals surface area contributed by atoms with Gasteiger partial charge in [-0.15, -0.1) is 0 Å². The van der Waals surface area contributed by atoms with Gasteiger partial charge < -0.3 is 14.5 Å². The van der Waals surface area contributed by atoms with Gasteiger partial charge in [0, 0.05) is 11.6 Å². The number of nitrogens with one attached hydrogen (secondary N) is 1. The molecule has 1 heterocycles. The summed E-state index contributed by atoms with van der Waals surface area (Å²) in [6.07, 6.45) is 1.19. The van der Waals surface area contributed by atoms with E-state index in [0.29, 0.717) is 12.0 Å². The summed E-state index contributed by atoms with van der Waals surface area (Å²) in [6, 6.07) is 7.01. The van der Waals surface area contributed by atoms with Gasteiger partial charge in [0.15, 0.2) is 6.10 Å². The summed E-state index contributed by atoms with van der Waals surface area (Å²) in [5.41, 5.74) is 0.146. The molecule has 1 amide bonds. The van der Waals surface area contributed by atoms with Gasteiger partial charge in [0.1, 0.15) is 23.6 Å². The van der Waals surface area contributed by atoms with Crippen LogP contribution >= 0.6 is 0 Å². The second kappa shape index (κ2) is 6.69. The van der Waals surface area contributed by atoms with E-state index in [4.69, 9.17) is 9.15 Å². The molecule has 0 aliphatic carbocycles. The van der Waals surface area contributed by atoms with Gasteiger partial charge in [0.05, 0.1) is 12.8 Å². The topological polar surface area (TPSA) is 68.5 Å². The third-order valence-electron chi connectivity index (χ3n) is 2.73. The van der Waals surface area contributed by atoms with Crippen molar-refractivity contribution in [3.8, 4) is 5.75 Å². The average Bonchev–Trinajstić information content (AvgIpc) is 2.97. The highest BCUT2D eigenvalue weighted by molar-refractivity contribution is 5.80. The molecule has 0 aliphatic rings. The minimum atomic E-state index is -0.832. The molecule has 110 valence electrons. The number of halogens is 1. The van der Waals surface area contributed by atoms with E-state index in [0.717, 1.165) is 12.1 Å². The fraction of sp³-hybridized carbons (Fsp3) is 0.200. The van der Waals surface area contributed by atoms with Crippen molar-refractivity contribution in [3.05, 3.63) is 53.7 Å². The third kappa shape index (κ3) is 4.17. The molecule has 21 heavy (non-hydrogen) atoms. The molecule has 1 aromatic carbocycles. The van der Waals surface area contributed by atoms with Crippen molar-refractivity contribution in [2.45, 2.75) is 19.6 Å². The Balaban J connectivity index is 1.93. The van der Waals surface area contributed by atoms with E-state index >= 15 is 0 Å². The van der Waals surface area contributed by atoms with Gasteiger partial charge in [-0.2, -0.15) is 0 Å². The Hall–Kier alpha value is -2.63. The van der Waals surface area contributed by atoms with Gasteiger partial charge in [0.2, 0.25) is 0 Å². The first kappa shape index (κ1) is 14.8. The van der Waals surface area contributed by atoms with E-state index in [9.17, 15) is 14.0 Å². The van der Waals surface area contributed by atoms with E-state index in [2.05, 4.69) is 5.32 Å². The molecule has 1 N–H and O–H groups in total. The second-order valence-electron chi connectivity index (χ2n) is 4.40. The highest BCUT2D eigenvalue weighted by atomic mass is 19.1. The molecular formula is C15H14FNO4. The average molecular weight is 291 g/mol. The van der Waals surface area contributed by atoms with Crippen LogP contribution in [0.2, 0.25) is 0 Å². The minimum Gasteiger partial charge on any atom is -0.481 e. The lowest BCUT2D eigenvalue weighted by molar-refractivity contribution is -0.127. The number of carbonyl (C=O) groups excluding carboxylic acids is 2. The molecule has 2 rings (SSSR count). The number of aldehydes is 1. The van der Waals surface area contributed by atoms with E-state index in [1.54, 1.807) is 12.1 Å². The number of hydrogen-bond acceptors (Lipinski definition) is 4. The number of amides is 1. The van der Waals surface area contributed by atoms with Crippen molar-refractivity contribution >= 4 is 12.2 Å². The first-order valence-corrected chi connectivity index (χ1v) is 6.31. The number of hydrogen-bond donors (Lipinski definition) is 1. The van der Waals surface area contributed by atoms with Crippen LogP contribution in [0, 0.1) is 5.82 Å². The predicted octanol–water partition coefficient (Wildman–Crippen LogP) is 2.31. The Morgan fingerprint density at radius 1 is 1.48 bits per heavy atom. The third-order valence-corrected chi connectivity index (χ3v) is 2.73. The van der Waals surface area contributed by atoms with Crippen LogP contribution in [0.3, 0.4) is 0 Å². The number of ether oxygens (including phenoxy) is 1. The monoisotopic (exact) mass is 291 g/mol. The molecule has 0 saturated carbocycles. The smallest absolute Gasteiger partial charge is 0.261 e. The minimum absolute atomic E-state index is 0.123. The Morgan fingerprint density at radius 2 is 2.29 bits per heavy atom. The van der Waals surface area contributed by atoms with Gasteiger partial charge in [-0.3, -0.25) is 9.59 Å². The van der Waals surface area contributed by atoms with Crippen LogP contribution < -0.4 is 10.1 Å². The van der Waals surface area contributed by atoms with Crippen molar-refractivity contribution in [1.29, 1.82) is 0 Å². The van der Waals surface area contributed by atoms with Crippen molar-refractivity contribution in [3.63, 3.8) is 0 Å². The summed E-state index contributed by atoms with van der Waals surface area (Å²) in [5.74, 6) is -0.233. The summed E-state index contributed by atoms with van der Waals surface area (Å²) in [4.78, 5) is 22.5. The van der Waals surface area contributed by atoms with Crippen LogP contribution in [-0.4, -0.2) is 18.3 Å². The van der Waals surface area contributed by atoms with Crippen LogP contribution in [0.4, 0.5) is 4.39 Å². The Labute approximate surface area is 120 Å². The second-order valence-corrected chi connectivity index (χ2v) is 4.40. The van der Waals surface area contributed by atoms with Crippen molar-refractivity contribution < 1.29 is 23.1 Å². The van der Waals surface area contributed by atoms with Gasteiger partial charge in [-0.05, 0) is 31.2 Å². The summed E-state index contributed by atoms with van der Waals surface area (Å²) in [6.45, 7) is 1.77. The van der Waals surface area contributed by atoms with Crippen LogP contribution in [0.25, 0.3) is 0 Å². The fourth-order valence-corrected chi connectivity index (χ4v) is 1.71. The van der Waals surface area contributed by atoms with Crippen LogP contribution in [0.1, 0.15) is 23.0 Å². The quantitative estimate of drug-likeness (QED) is 0.829. The molecular weight excluding hydrogens is 277 g/mol. The standard InChI is InChI=1S/C15H14FNO4/c1-10(15(19)17-8-13-3-2-4-20-13)21-14-6-11(9-18)5-12(16)7-14/h2-7,9-10H,8H2,1H3,(H,17,19). The van der Waals surface area contributed by atoms with Gasteiger partial charge >= 0.3 is 0 Å². The number of benzene rings is 1. The summed E-state index contributed by atoms with van der Waals surface area (Å²) >= 11 is 0. The van der Waals surface area contributed by atoms with E-state index in [1.807, 2.05) is 0 Å². The van der Waals surface area contributed by atoms with Gasteiger partial charge in [0.25, 0.3) is 5.91 Å². The maximum absolute atomic E-state index is 13.2. The lowest BCUT2D eigenvalue weighted by Crippen LogP contribution is -2.35. The molecule has 1 aromatic heterocycles. The Kier molecular flexibility index (Phi) is 4.71. The summed E-state index contributed by atoms with van der Waals surface area (Å²) in [7, 11) is 0. The molecule has 5 nitrogen and oxygen atoms in total. The maximum Gasteiger partial charge on any atom is 0.261 e. The van der Waals surface area contributed by atoms with E-state index < -0.39 is 11.9 Å². The molecule has 1 atom stereocenters. The van der Waals surface area contributed by atoms with Gasteiger partial charge in [-0.25, -0.2) is 4.39 Å². The molecule has 0 fully saturated rings. The SMILES string of the molecule is CC(Oc1cc(F)cc(C=O)c1)C(=O)NCc1ccco1. The molecule has 0 bridgehead atoms. The molecule has 0 radical (unpaired) electrons. The number of carbonyl (C=O) groups is 2. The van der Waals surface area contributed by atoms with Crippen molar-refractivity contribution in [1.82, 2.24) is 5.32 Å². The molecule has 0 spiro atoms. The van der Waals surface area contributed by atoms with Crippen LogP contribution in [0.15, 0.2) is 41.0 Å².